The van der Waals surface area contributed by atoms with E-state index in [1.807, 2.05) is 0 Å². The molecule has 0 heterocycles. The number of ether oxygens (including phenoxy) is 3. The lowest BCUT2D eigenvalue weighted by molar-refractivity contribution is -0.161. The molecule has 0 aliphatic heterocycles. The zero-order valence-corrected chi connectivity index (χ0v) is 76.8. The zero-order valence-electron chi connectivity index (χ0n) is 75.0. The summed E-state index contributed by atoms with van der Waals surface area (Å²) in [7, 11) is -9.82. The van der Waals surface area contributed by atoms with Gasteiger partial charge >= 0.3 is 33.6 Å². The highest BCUT2D eigenvalue weighted by Gasteiger charge is 2.29. The van der Waals surface area contributed by atoms with E-state index in [9.17, 15) is 43.5 Å². The number of allylic oxidation sites excluding steroid dienone is 30. The largest absolute Gasteiger partial charge is 0.472 e. The minimum absolute atomic E-state index is 0.0953. The average molecular weight is 1700 g/mol. The summed E-state index contributed by atoms with van der Waals surface area (Å²) in [5.41, 5.74) is 0. The van der Waals surface area contributed by atoms with Crippen molar-refractivity contribution in [2.75, 3.05) is 39.6 Å². The molecule has 0 aliphatic rings. The summed E-state index contributed by atoms with van der Waals surface area (Å²) in [6.07, 6.45) is 121. The molecule has 0 saturated carbocycles. The Bertz CT molecular complexity index is 2890. The van der Waals surface area contributed by atoms with E-state index >= 15 is 0 Å². The van der Waals surface area contributed by atoms with Crippen molar-refractivity contribution >= 4 is 33.6 Å². The van der Waals surface area contributed by atoms with E-state index in [4.69, 9.17) is 32.3 Å². The molecule has 680 valence electrons. The van der Waals surface area contributed by atoms with Crippen LogP contribution in [0.4, 0.5) is 0 Å². The maximum Gasteiger partial charge on any atom is 0.472 e. The lowest BCUT2D eigenvalue weighted by atomic mass is 10.0. The Morgan fingerprint density at radius 1 is 0.244 bits per heavy atom. The highest BCUT2D eigenvalue weighted by atomic mass is 31.2. The van der Waals surface area contributed by atoms with Crippen molar-refractivity contribution in [1.82, 2.24) is 0 Å². The molecule has 119 heavy (non-hydrogen) atoms. The summed E-state index contributed by atoms with van der Waals surface area (Å²) in [6.45, 7) is 2.46. The van der Waals surface area contributed by atoms with Gasteiger partial charge in [-0.3, -0.25) is 32.5 Å². The second-order valence-electron chi connectivity index (χ2n) is 31.0. The molecule has 0 rings (SSSR count). The predicted octanol–water partition coefficient (Wildman–Crippen LogP) is 29.2. The van der Waals surface area contributed by atoms with Gasteiger partial charge in [0.05, 0.1) is 26.4 Å². The lowest BCUT2D eigenvalue weighted by Gasteiger charge is -2.21. The Morgan fingerprint density at radius 3 is 0.706 bits per heavy atom. The molecule has 5 atom stereocenters. The number of aliphatic hydroxyl groups excluding tert-OH is 2. The SMILES string of the molecule is CC/C=C\C/C=C\C/C=C\C/C=C\C/C=C\C/C=C\CCCCCCCCCCCCC(=O)OCC(O)COP(=O)(O)OCC(O)COP(=O)(O)OCC(COC(=O)CCCCCCCCCCCCC/C=C\C/C=C\C/C=C\C/C=C\C/C=C\CC)OC(=O)CCCCCCCCCCCCC/C=C\C/C=C\C/C=C\C/C=C\CCCCC. The molecular formula is C101H170O16P2. The number of phosphoric ester groups is 2. The van der Waals surface area contributed by atoms with Gasteiger partial charge in [0, 0.05) is 19.3 Å². The maximum atomic E-state index is 13.1. The van der Waals surface area contributed by atoms with E-state index in [1.165, 1.54) is 135 Å². The van der Waals surface area contributed by atoms with Gasteiger partial charge in [-0.05, 0) is 161 Å². The van der Waals surface area contributed by atoms with Gasteiger partial charge in [0.2, 0.25) is 0 Å². The van der Waals surface area contributed by atoms with Gasteiger partial charge in [-0.15, -0.1) is 0 Å². The van der Waals surface area contributed by atoms with E-state index in [0.29, 0.717) is 19.3 Å². The van der Waals surface area contributed by atoms with E-state index in [-0.39, 0.29) is 19.3 Å². The van der Waals surface area contributed by atoms with Crippen LogP contribution in [0, 0.1) is 0 Å². The van der Waals surface area contributed by atoms with Crippen LogP contribution in [0.1, 0.15) is 380 Å². The summed E-state index contributed by atoms with van der Waals surface area (Å²) in [4.78, 5) is 59.1. The first kappa shape index (κ1) is 114. The van der Waals surface area contributed by atoms with Crippen LogP contribution in [0.15, 0.2) is 182 Å². The van der Waals surface area contributed by atoms with Crippen LogP contribution < -0.4 is 0 Å². The van der Waals surface area contributed by atoms with Crippen LogP contribution in [-0.4, -0.2) is 95.9 Å². The zero-order chi connectivity index (χ0) is 86.5. The Labute approximate surface area is 725 Å². The Hall–Kier alpha value is -5.35. The number of esters is 3. The van der Waals surface area contributed by atoms with Crippen LogP contribution in [0.3, 0.4) is 0 Å². The van der Waals surface area contributed by atoms with Gasteiger partial charge in [0.15, 0.2) is 6.10 Å². The maximum absolute atomic E-state index is 13.1. The monoisotopic (exact) mass is 1700 g/mol. The van der Waals surface area contributed by atoms with Crippen molar-refractivity contribution in [1.29, 1.82) is 0 Å². The molecule has 0 amide bonds. The molecular weight excluding hydrogens is 1530 g/mol. The quantitative estimate of drug-likeness (QED) is 0.0146. The van der Waals surface area contributed by atoms with Crippen molar-refractivity contribution in [3.05, 3.63) is 182 Å². The molecule has 18 heteroatoms. The van der Waals surface area contributed by atoms with Crippen LogP contribution in [0.5, 0.6) is 0 Å². The van der Waals surface area contributed by atoms with E-state index in [0.717, 1.165) is 186 Å². The van der Waals surface area contributed by atoms with E-state index in [2.05, 4.69) is 203 Å². The Kier molecular flexibility index (Phi) is 87.7. The highest BCUT2D eigenvalue weighted by Crippen LogP contribution is 2.45. The number of phosphoric acid groups is 2. The molecule has 5 unspecified atom stereocenters. The molecule has 16 nitrogen and oxygen atoms in total. The number of carbonyl (C=O) groups excluding carboxylic acids is 3. The summed E-state index contributed by atoms with van der Waals surface area (Å²) >= 11 is 0. The molecule has 0 saturated heterocycles. The van der Waals surface area contributed by atoms with Crippen molar-refractivity contribution < 1.29 is 75.8 Å². The highest BCUT2D eigenvalue weighted by molar-refractivity contribution is 7.47. The summed E-state index contributed by atoms with van der Waals surface area (Å²) in [5, 5.41) is 20.8. The summed E-state index contributed by atoms with van der Waals surface area (Å²) < 4.78 is 61.6. The van der Waals surface area contributed by atoms with Gasteiger partial charge in [-0.2, -0.15) is 0 Å². The molecule has 0 fully saturated rings. The van der Waals surface area contributed by atoms with Gasteiger partial charge in [-0.25, -0.2) is 9.13 Å². The molecule has 4 N–H and O–H groups in total. The predicted molar refractivity (Wildman–Crippen MR) is 500 cm³/mol. The fourth-order valence-electron chi connectivity index (χ4n) is 12.5. The van der Waals surface area contributed by atoms with Gasteiger partial charge in [0.25, 0.3) is 0 Å². The van der Waals surface area contributed by atoms with Crippen LogP contribution in [0.2, 0.25) is 0 Å². The molecule has 0 spiro atoms. The standard InChI is InChI=1S/C101H170O16P2/c1-4-7-10-13-16-19-22-25-28-31-34-37-40-43-46-47-50-52-54-57-60-63-66-69-72-75-78-81-84-87-99(104)111-90-96(102)91-113-118(107,108)114-92-97(103)93-115-119(109,110)116-95-98(117-101(106)89-86-83-80-77-74-71-68-65-62-59-56-53-49-45-42-39-36-33-30-27-24-21-18-15-12-9-6-3)94-112-100(105)88-85-82-79-76-73-70-67-64-61-58-55-51-48-44-41-38-35-32-29-26-23-20-17-14-11-8-5-2/h7-8,10-11,16-21,25-30,34-39,43-46,48-50,52,96-98,102-103H,4-6,9,12-15,22-24,31-33,40-42,47,51,53-95H2,1-3H3,(H,107,108)(H,109,110)/b10-7-,11-8-,19-16-,20-17-,21-18-,28-25-,29-26-,30-27-,37-34-,38-35-,39-36-,46-43-,48-44-,49-45-,52-50-. The minimum atomic E-state index is -4.95. The number of carbonyl (C=O) groups is 3. The smallest absolute Gasteiger partial charge is 0.463 e. The van der Waals surface area contributed by atoms with E-state index < -0.39 is 91.5 Å². The van der Waals surface area contributed by atoms with Gasteiger partial charge in [-0.1, -0.05) is 383 Å². The molecule has 0 aromatic heterocycles. The number of unbranched alkanes of at least 4 members (excludes halogenated alkanes) is 35. The summed E-state index contributed by atoms with van der Waals surface area (Å²) in [5.74, 6) is -1.58. The first-order chi connectivity index (χ1) is 58.2. The lowest BCUT2D eigenvalue weighted by Crippen LogP contribution is -2.30. The van der Waals surface area contributed by atoms with Crippen molar-refractivity contribution in [2.24, 2.45) is 0 Å². The number of hydrogen-bond donors (Lipinski definition) is 4. The number of hydrogen-bond acceptors (Lipinski definition) is 14. The molecule has 0 radical (unpaired) electrons. The fourth-order valence-corrected chi connectivity index (χ4v) is 14.1. The van der Waals surface area contributed by atoms with Crippen LogP contribution in [-0.2, 0) is 55.8 Å². The van der Waals surface area contributed by atoms with E-state index in [1.54, 1.807) is 0 Å². The van der Waals surface area contributed by atoms with Crippen molar-refractivity contribution in [2.45, 2.75) is 399 Å². The van der Waals surface area contributed by atoms with Crippen LogP contribution in [0.25, 0.3) is 0 Å². The summed E-state index contributed by atoms with van der Waals surface area (Å²) in [6, 6.07) is 0. The average Bonchev–Trinajstić information content (AvgIpc) is 0.905. The van der Waals surface area contributed by atoms with Crippen LogP contribution >= 0.6 is 15.6 Å². The minimum Gasteiger partial charge on any atom is -0.463 e. The van der Waals surface area contributed by atoms with Crippen molar-refractivity contribution in [3.8, 4) is 0 Å². The van der Waals surface area contributed by atoms with Gasteiger partial charge in [0.1, 0.15) is 25.4 Å². The molecule has 0 aromatic rings. The first-order valence-electron chi connectivity index (χ1n) is 47.1. The molecule has 0 bridgehead atoms. The second kappa shape index (κ2) is 91.8. The van der Waals surface area contributed by atoms with Crippen molar-refractivity contribution in [3.63, 3.8) is 0 Å². The first-order valence-corrected chi connectivity index (χ1v) is 50.1. The van der Waals surface area contributed by atoms with Gasteiger partial charge < -0.3 is 34.2 Å². The Morgan fingerprint density at radius 2 is 0.445 bits per heavy atom. The third-order valence-electron chi connectivity index (χ3n) is 19.6. The fraction of sp³-hybridized carbons (Fsp3) is 0.673. The normalized spacial score (nSPS) is 14.6. The Balaban J connectivity index is 4.68. The molecule has 0 aromatic carbocycles. The number of aliphatic hydroxyl groups is 2. The third kappa shape index (κ3) is 93.2. The second-order valence-corrected chi connectivity index (χ2v) is 34.0. The molecule has 0 aliphatic carbocycles. The topological polar surface area (TPSA) is 231 Å². The third-order valence-corrected chi connectivity index (χ3v) is 21.5. The number of rotatable bonds is 88.